The smallest absolute Gasteiger partial charge is 0.308 e. The second-order valence-electron chi connectivity index (χ2n) is 4.18. The minimum atomic E-state index is -0.992. The zero-order valence-corrected chi connectivity index (χ0v) is 10.8. The number of amides is 1. The number of nitro groups is 1. The molecule has 0 fully saturated rings. The molecule has 1 aromatic rings. The normalized spacial score (nSPS) is 11.7. The van der Waals surface area contributed by atoms with Gasteiger partial charge in [-0.25, -0.2) is 0 Å². The number of rotatable bonds is 7. The van der Waals surface area contributed by atoms with Crippen molar-refractivity contribution in [1.82, 2.24) is 0 Å². The summed E-state index contributed by atoms with van der Waals surface area (Å²) in [5.74, 6) is -2.38. The molecule has 0 aromatic heterocycles. The third kappa shape index (κ3) is 3.67. The molecule has 0 radical (unpaired) electrons. The second kappa shape index (κ2) is 6.50. The third-order valence-electron chi connectivity index (χ3n) is 2.86. The van der Waals surface area contributed by atoms with Gasteiger partial charge in [-0.1, -0.05) is 6.92 Å². The summed E-state index contributed by atoms with van der Waals surface area (Å²) in [6.45, 7) is 1.73. The summed E-state index contributed by atoms with van der Waals surface area (Å²) in [4.78, 5) is 32.2. The Morgan fingerprint density at radius 2 is 2.15 bits per heavy atom. The molecule has 108 valence electrons. The second-order valence-corrected chi connectivity index (χ2v) is 4.18. The molecular formula is C12H15N3O5. The predicted octanol–water partition coefficient (Wildman–Crippen LogP) is 1.22. The Hall–Kier alpha value is -2.64. The van der Waals surface area contributed by atoms with Crippen molar-refractivity contribution in [2.45, 2.75) is 13.3 Å². The number of nitrogens with two attached hydrogens (primary N) is 1. The lowest BCUT2D eigenvalue weighted by molar-refractivity contribution is -0.384. The average molecular weight is 281 g/mol. The van der Waals surface area contributed by atoms with Crippen molar-refractivity contribution in [3.63, 3.8) is 0 Å². The fourth-order valence-corrected chi connectivity index (χ4v) is 1.63. The van der Waals surface area contributed by atoms with E-state index in [2.05, 4.69) is 5.32 Å². The highest BCUT2D eigenvalue weighted by molar-refractivity contribution is 5.94. The standard InChI is InChI=1S/C12H15N3O5/c1-2-7(12(17)18)6-14-9-5-8(11(13)16)3-4-10(9)15(19)20/h3-5,7,14H,2,6H2,1H3,(H2,13,16)(H,17,18). The van der Waals surface area contributed by atoms with Gasteiger partial charge in [0.05, 0.1) is 10.8 Å². The van der Waals surface area contributed by atoms with Crippen molar-refractivity contribution < 1.29 is 19.6 Å². The van der Waals surface area contributed by atoms with Crippen molar-refractivity contribution in [2.75, 3.05) is 11.9 Å². The first kappa shape index (κ1) is 15.4. The van der Waals surface area contributed by atoms with E-state index >= 15 is 0 Å². The van der Waals surface area contributed by atoms with Crippen molar-refractivity contribution in [1.29, 1.82) is 0 Å². The van der Waals surface area contributed by atoms with Gasteiger partial charge < -0.3 is 16.2 Å². The number of carboxylic acid groups (broad SMARTS) is 1. The minimum absolute atomic E-state index is 0.0227. The number of primary amides is 1. The molecule has 20 heavy (non-hydrogen) atoms. The van der Waals surface area contributed by atoms with Crippen molar-refractivity contribution in [3.05, 3.63) is 33.9 Å². The molecule has 1 unspecified atom stereocenters. The summed E-state index contributed by atoms with van der Waals surface area (Å²) < 4.78 is 0. The number of nitro benzene ring substituents is 1. The van der Waals surface area contributed by atoms with Gasteiger partial charge in [-0.2, -0.15) is 0 Å². The van der Waals surface area contributed by atoms with Crippen LogP contribution in [0, 0.1) is 16.0 Å². The maximum Gasteiger partial charge on any atom is 0.308 e. The SMILES string of the molecule is CCC(CNc1cc(C(N)=O)ccc1[N+](=O)[O-])C(=O)O. The quantitative estimate of drug-likeness (QED) is 0.507. The number of carbonyl (C=O) groups is 2. The van der Waals surface area contributed by atoms with Crippen LogP contribution < -0.4 is 11.1 Å². The highest BCUT2D eigenvalue weighted by Crippen LogP contribution is 2.25. The van der Waals surface area contributed by atoms with Gasteiger partial charge in [-0.05, 0) is 18.6 Å². The number of carboxylic acids is 1. The molecule has 0 bridgehead atoms. The van der Waals surface area contributed by atoms with Gasteiger partial charge in [-0.15, -0.1) is 0 Å². The number of aliphatic carboxylic acids is 1. The molecular weight excluding hydrogens is 266 g/mol. The number of nitrogens with one attached hydrogen (secondary N) is 1. The highest BCUT2D eigenvalue weighted by Gasteiger charge is 2.19. The van der Waals surface area contributed by atoms with Crippen LogP contribution in [-0.2, 0) is 4.79 Å². The summed E-state index contributed by atoms with van der Waals surface area (Å²) >= 11 is 0. The molecule has 0 aliphatic rings. The Labute approximate surface area is 114 Å². The van der Waals surface area contributed by atoms with Crippen LogP contribution in [0.15, 0.2) is 18.2 Å². The molecule has 1 rings (SSSR count). The number of hydrogen-bond donors (Lipinski definition) is 3. The zero-order chi connectivity index (χ0) is 15.3. The number of nitrogens with zero attached hydrogens (tertiary/aromatic N) is 1. The van der Waals surface area contributed by atoms with Gasteiger partial charge in [0.1, 0.15) is 5.69 Å². The van der Waals surface area contributed by atoms with Crippen molar-refractivity contribution in [2.24, 2.45) is 11.7 Å². The Morgan fingerprint density at radius 3 is 2.60 bits per heavy atom. The van der Waals surface area contributed by atoms with Crippen LogP contribution in [0.2, 0.25) is 0 Å². The molecule has 0 heterocycles. The van der Waals surface area contributed by atoms with E-state index in [1.807, 2.05) is 0 Å². The van der Waals surface area contributed by atoms with Gasteiger partial charge in [0, 0.05) is 18.2 Å². The Bertz CT molecular complexity index is 544. The molecule has 4 N–H and O–H groups in total. The van der Waals surface area contributed by atoms with E-state index in [1.165, 1.54) is 12.1 Å². The Morgan fingerprint density at radius 1 is 1.50 bits per heavy atom. The summed E-state index contributed by atoms with van der Waals surface area (Å²) in [7, 11) is 0. The molecule has 0 aliphatic heterocycles. The van der Waals surface area contributed by atoms with Crippen LogP contribution in [0.5, 0.6) is 0 Å². The first-order valence-electron chi connectivity index (χ1n) is 5.91. The van der Waals surface area contributed by atoms with E-state index < -0.39 is 22.7 Å². The van der Waals surface area contributed by atoms with Gasteiger partial charge in [0.15, 0.2) is 0 Å². The first-order chi connectivity index (χ1) is 9.36. The first-order valence-corrected chi connectivity index (χ1v) is 5.91. The Balaban J connectivity index is 3.01. The van der Waals surface area contributed by atoms with E-state index in [4.69, 9.17) is 10.8 Å². The molecule has 1 atom stereocenters. The lowest BCUT2D eigenvalue weighted by Crippen LogP contribution is -2.22. The molecule has 0 saturated carbocycles. The van der Waals surface area contributed by atoms with Crippen LogP contribution in [0.1, 0.15) is 23.7 Å². The molecule has 8 heteroatoms. The fraction of sp³-hybridized carbons (Fsp3) is 0.333. The lowest BCUT2D eigenvalue weighted by Gasteiger charge is -2.12. The lowest BCUT2D eigenvalue weighted by atomic mass is 10.1. The fourth-order valence-electron chi connectivity index (χ4n) is 1.63. The highest BCUT2D eigenvalue weighted by atomic mass is 16.6. The van der Waals surface area contributed by atoms with E-state index in [0.717, 1.165) is 6.07 Å². The molecule has 0 saturated heterocycles. The molecule has 1 amide bonds. The summed E-state index contributed by atoms with van der Waals surface area (Å²) in [5, 5.41) is 22.5. The van der Waals surface area contributed by atoms with Gasteiger partial charge in [0.25, 0.3) is 5.69 Å². The van der Waals surface area contributed by atoms with Crippen molar-refractivity contribution in [3.8, 4) is 0 Å². The summed E-state index contributed by atoms with van der Waals surface area (Å²) in [6.07, 6.45) is 0.381. The minimum Gasteiger partial charge on any atom is -0.481 e. The van der Waals surface area contributed by atoms with Crippen LogP contribution in [0.4, 0.5) is 11.4 Å². The largest absolute Gasteiger partial charge is 0.481 e. The van der Waals surface area contributed by atoms with Gasteiger partial charge >= 0.3 is 5.97 Å². The predicted molar refractivity (Wildman–Crippen MR) is 71.5 cm³/mol. The number of anilines is 1. The molecule has 0 aliphatic carbocycles. The molecule has 8 nitrogen and oxygen atoms in total. The van der Waals surface area contributed by atoms with Gasteiger partial charge in [-0.3, -0.25) is 19.7 Å². The van der Waals surface area contributed by atoms with Crippen LogP contribution in [0.25, 0.3) is 0 Å². The third-order valence-corrected chi connectivity index (χ3v) is 2.86. The van der Waals surface area contributed by atoms with Crippen LogP contribution >= 0.6 is 0 Å². The monoisotopic (exact) mass is 281 g/mol. The van der Waals surface area contributed by atoms with Crippen LogP contribution in [-0.4, -0.2) is 28.5 Å². The average Bonchev–Trinajstić information content (AvgIpc) is 2.38. The van der Waals surface area contributed by atoms with Crippen LogP contribution in [0.3, 0.4) is 0 Å². The summed E-state index contributed by atoms with van der Waals surface area (Å²) in [5.41, 5.74) is 5.06. The maximum atomic E-state index is 11.1. The van der Waals surface area contributed by atoms with Gasteiger partial charge in [0.2, 0.25) is 5.91 Å². The number of benzene rings is 1. The van der Waals surface area contributed by atoms with Crippen molar-refractivity contribution >= 4 is 23.3 Å². The van der Waals surface area contributed by atoms with E-state index in [-0.39, 0.29) is 23.5 Å². The maximum absolute atomic E-state index is 11.1. The Kier molecular flexibility index (Phi) is 5.01. The zero-order valence-electron chi connectivity index (χ0n) is 10.8. The van der Waals surface area contributed by atoms with E-state index in [9.17, 15) is 19.7 Å². The number of hydrogen-bond acceptors (Lipinski definition) is 5. The molecule has 1 aromatic carbocycles. The number of carbonyl (C=O) groups excluding carboxylic acids is 1. The summed E-state index contributed by atoms with van der Waals surface area (Å²) in [6, 6.07) is 3.65. The van der Waals surface area contributed by atoms with E-state index in [1.54, 1.807) is 6.92 Å². The topological polar surface area (TPSA) is 136 Å². The molecule has 0 spiro atoms. The van der Waals surface area contributed by atoms with E-state index in [0.29, 0.717) is 6.42 Å².